The SMILES string of the molecule is CN=C(NCCc1ncc(C)s1)NC(C)c1cc(OC)ccc1OC. The molecule has 2 aromatic rings. The summed E-state index contributed by atoms with van der Waals surface area (Å²) in [4.78, 5) is 9.90. The normalized spacial score (nSPS) is 12.6. The van der Waals surface area contributed by atoms with E-state index in [1.165, 1.54) is 4.88 Å². The van der Waals surface area contributed by atoms with Crippen molar-refractivity contribution in [2.75, 3.05) is 27.8 Å². The highest BCUT2D eigenvalue weighted by molar-refractivity contribution is 7.11. The number of hydrogen-bond acceptors (Lipinski definition) is 5. The fourth-order valence-electron chi connectivity index (χ4n) is 2.46. The first kappa shape index (κ1) is 19.1. The zero-order valence-corrected chi connectivity index (χ0v) is 16.2. The molecule has 2 N–H and O–H groups in total. The lowest BCUT2D eigenvalue weighted by Gasteiger charge is -2.20. The molecule has 136 valence electrons. The van der Waals surface area contributed by atoms with E-state index in [2.05, 4.69) is 34.5 Å². The van der Waals surface area contributed by atoms with Crippen molar-refractivity contribution in [3.63, 3.8) is 0 Å². The monoisotopic (exact) mass is 362 g/mol. The number of aliphatic imine (C=N–C) groups is 1. The number of nitrogens with one attached hydrogen (secondary N) is 2. The van der Waals surface area contributed by atoms with Gasteiger partial charge in [0.1, 0.15) is 11.5 Å². The number of methoxy groups -OCH3 is 2. The average molecular weight is 362 g/mol. The van der Waals surface area contributed by atoms with Crippen molar-refractivity contribution in [2.45, 2.75) is 26.3 Å². The Kier molecular flexibility index (Phi) is 7.06. The van der Waals surface area contributed by atoms with Gasteiger partial charge < -0.3 is 20.1 Å². The van der Waals surface area contributed by atoms with Gasteiger partial charge in [-0.15, -0.1) is 11.3 Å². The van der Waals surface area contributed by atoms with Gasteiger partial charge in [-0.25, -0.2) is 4.98 Å². The Balaban J connectivity index is 1.96. The van der Waals surface area contributed by atoms with Crippen LogP contribution in [0.2, 0.25) is 0 Å². The molecule has 0 saturated heterocycles. The summed E-state index contributed by atoms with van der Waals surface area (Å²) in [6.45, 7) is 4.90. The van der Waals surface area contributed by atoms with E-state index in [1.54, 1.807) is 32.6 Å². The van der Waals surface area contributed by atoms with Gasteiger partial charge in [0.05, 0.1) is 25.3 Å². The summed E-state index contributed by atoms with van der Waals surface area (Å²) in [7, 11) is 5.09. The number of ether oxygens (including phenoxy) is 2. The Hall–Kier alpha value is -2.28. The molecule has 6 nitrogen and oxygen atoms in total. The Bertz CT molecular complexity index is 715. The summed E-state index contributed by atoms with van der Waals surface area (Å²) in [5, 5.41) is 7.84. The first-order chi connectivity index (χ1) is 12.1. The molecule has 1 aromatic heterocycles. The molecule has 0 aliphatic rings. The molecule has 1 atom stereocenters. The van der Waals surface area contributed by atoms with Crippen molar-refractivity contribution in [1.82, 2.24) is 15.6 Å². The Morgan fingerprint density at radius 3 is 2.72 bits per heavy atom. The van der Waals surface area contributed by atoms with Crippen molar-refractivity contribution >= 4 is 17.3 Å². The zero-order valence-electron chi connectivity index (χ0n) is 15.4. The molecule has 0 saturated carbocycles. The van der Waals surface area contributed by atoms with Gasteiger partial charge in [0.15, 0.2) is 5.96 Å². The van der Waals surface area contributed by atoms with Gasteiger partial charge in [-0.2, -0.15) is 0 Å². The number of rotatable bonds is 7. The van der Waals surface area contributed by atoms with E-state index >= 15 is 0 Å². The molecule has 0 aliphatic heterocycles. The van der Waals surface area contributed by atoms with Crippen LogP contribution < -0.4 is 20.1 Å². The van der Waals surface area contributed by atoms with Crippen LogP contribution in [0.1, 0.15) is 28.4 Å². The molecule has 1 heterocycles. The zero-order chi connectivity index (χ0) is 18.2. The number of aromatic nitrogens is 1. The number of nitrogens with zero attached hydrogens (tertiary/aromatic N) is 2. The van der Waals surface area contributed by atoms with Crippen LogP contribution in [-0.2, 0) is 6.42 Å². The van der Waals surface area contributed by atoms with Gasteiger partial charge in [0.2, 0.25) is 0 Å². The summed E-state index contributed by atoms with van der Waals surface area (Å²) in [6, 6.07) is 5.78. The molecule has 0 aliphatic carbocycles. The summed E-state index contributed by atoms with van der Waals surface area (Å²) < 4.78 is 10.8. The van der Waals surface area contributed by atoms with E-state index < -0.39 is 0 Å². The van der Waals surface area contributed by atoms with Crippen LogP contribution in [0.5, 0.6) is 11.5 Å². The number of thiazole rings is 1. The van der Waals surface area contributed by atoms with Crippen LogP contribution >= 0.6 is 11.3 Å². The minimum Gasteiger partial charge on any atom is -0.497 e. The van der Waals surface area contributed by atoms with Gasteiger partial charge in [0, 0.05) is 36.7 Å². The van der Waals surface area contributed by atoms with Crippen molar-refractivity contribution < 1.29 is 9.47 Å². The third-order valence-electron chi connectivity index (χ3n) is 3.78. The minimum absolute atomic E-state index is 0.0124. The maximum absolute atomic E-state index is 5.46. The molecule has 1 aromatic carbocycles. The van der Waals surface area contributed by atoms with Crippen LogP contribution in [0.3, 0.4) is 0 Å². The molecule has 0 bridgehead atoms. The average Bonchev–Trinajstić information content (AvgIpc) is 3.05. The minimum atomic E-state index is 0.0124. The lowest BCUT2D eigenvalue weighted by molar-refractivity contribution is 0.394. The fraction of sp³-hybridized carbons (Fsp3) is 0.444. The van der Waals surface area contributed by atoms with Gasteiger partial charge in [-0.05, 0) is 32.0 Å². The smallest absolute Gasteiger partial charge is 0.191 e. The lowest BCUT2D eigenvalue weighted by Crippen LogP contribution is -2.39. The highest BCUT2D eigenvalue weighted by Crippen LogP contribution is 2.29. The summed E-state index contributed by atoms with van der Waals surface area (Å²) >= 11 is 1.72. The Morgan fingerprint density at radius 1 is 1.32 bits per heavy atom. The van der Waals surface area contributed by atoms with E-state index in [4.69, 9.17) is 9.47 Å². The maximum atomic E-state index is 5.46. The second-order valence-corrected chi connectivity index (χ2v) is 6.91. The van der Waals surface area contributed by atoms with E-state index in [1.807, 2.05) is 24.4 Å². The fourth-order valence-corrected chi connectivity index (χ4v) is 3.25. The van der Waals surface area contributed by atoms with E-state index in [0.29, 0.717) is 0 Å². The van der Waals surface area contributed by atoms with Crippen molar-refractivity contribution in [1.29, 1.82) is 0 Å². The Labute approximate surface area is 153 Å². The van der Waals surface area contributed by atoms with E-state index in [0.717, 1.165) is 41.0 Å². The largest absolute Gasteiger partial charge is 0.497 e. The van der Waals surface area contributed by atoms with Crippen molar-refractivity contribution in [3.8, 4) is 11.5 Å². The topological polar surface area (TPSA) is 67.8 Å². The highest BCUT2D eigenvalue weighted by atomic mass is 32.1. The van der Waals surface area contributed by atoms with Crippen LogP contribution in [-0.4, -0.2) is 38.8 Å². The Morgan fingerprint density at radius 2 is 2.12 bits per heavy atom. The first-order valence-corrected chi connectivity index (χ1v) is 8.99. The summed E-state index contributed by atoms with van der Waals surface area (Å²) in [5.41, 5.74) is 1.01. The second-order valence-electron chi connectivity index (χ2n) is 5.59. The van der Waals surface area contributed by atoms with Gasteiger partial charge >= 0.3 is 0 Å². The van der Waals surface area contributed by atoms with E-state index in [-0.39, 0.29) is 6.04 Å². The molecule has 0 radical (unpaired) electrons. The number of aryl methyl sites for hydroxylation is 1. The number of benzene rings is 1. The first-order valence-electron chi connectivity index (χ1n) is 8.17. The summed E-state index contributed by atoms with van der Waals surface area (Å²) in [5.74, 6) is 2.35. The van der Waals surface area contributed by atoms with Crippen molar-refractivity contribution in [2.24, 2.45) is 4.99 Å². The van der Waals surface area contributed by atoms with Crippen molar-refractivity contribution in [3.05, 3.63) is 39.8 Å². The van der Waals surface area contributed by atoms with Gasteiger partial charge in [-0.1, -0.05) is 0 Å². The predicted octanol–water partition coefficient (Wildman–Crippen LogP) is 2.94. The molecule has 0 spiro atoms. The van der Waals surface area contributed by atoms with Crippen LogP contribution in [0.25, 0.3) is 0 Å². The molecule has 0 amide bonds. The molecular weight excluding hydrogens is 336 g/mol. The van der Waals surface area contributed by atoms with Crippen LogP contribution in [0.15, 0.2) is 29.4 Å². The lowest BCUT2D eigenvalue weighted by atomic mass is 10.1. The van der Waals surface area contributed by atoms with Gasteiger partial charge in [0.25, 0.3) is 0 Å². The van der Waals surface area contributed by atoms with E-state index in [9.17, 15) is 0 Å². The number of guanidine groups is 1. The molecular formula is C18H26N4O2S. The standard InChI is InChI=1S/C18H26N4O2S/c1-12-11-21-17(25-12)8-9-20-18(19-3)22-13(2)15-10-14(23-4)6-7-16(15)24-5/h6-7,10-11,13H,8-9H2,1-5H3,(H2,19,20,22). The number of hydrogen-bond donors (Lipinski definition) is 2. The predicted molar refractivity (Wildman–Crippen MR) is 103 cm³/mol. The molecule has 1 unspecified atom stereocenters. The molecule has 7 heteroatoms. The van der Waals surface area contributed by atoms with Gasteiger partial charge in [-0.3, -0.25) is 4.99 Å². The highest BCUT2D eigenvalue weighted by Gasteiger charge is 2.14. The molecule has 2 rings (SSSR count). The molecule has 25 heavy (non-hydrogen) atoms. The third-order valence-corrected chi connectivity index (χ3v) is 4.75. The van der Waals surface area contributed by atoms with Crippen LogP contribution in [0, 0.1) is 6.92 Å². The third kappa shape index (κ3) is 5.35. The maximum Gasteiger partial charge on any atom is 0.191 e. The van der Waals surface area contributed by atoms with Crippen LogP contribution in [0.4, 0.5) is 0 Å². The second kappa shape index (κ2) is 9.27. The quantitative estimate of drug-likeness (QED) is 0.585. The summed E-state index contributed by atoms with van der Waals surface area (Å²) in [6.07, 6.45) is 2.78. The molecule has 0 fully saturated rings.